The molecule has 1 aromatic rings. The maximum absolute atomic E-state index is 5.01. The van der Waals surface area contributed by atoms with Crippen LogP contribution in [-0.4, -0.2) is 0 Å². The number of hydrogen-bond donors (Lipinski definition) is 0. The van der Waals surface area contributed by atoms with E-state index >= 15 is 0 Å². The van der Waals surface area contributed by atoms with Crippen molar-refractivity contribution in [2.45, 2.75) is 13.5 Å². The molecule has 0 amide bonds. The molecule has 0 unspecified atom stereocenters. The van der Waals surface area contributed by atoms with Gasteiger partial charge in [-0.05, 0) is 5.56 Å². The molecule has 1 heteroatoms. The summed E-state index contributed by atoms with van der Waals surface area (Å²) in [7, 11) is 0. The van der Waals surface area contributed by atoms with E-state index < -0.39 is 0 Å². The van der Waals surface area contributed by atoms with Crippen LogP contribution in [0.15, 0.2) is 30.3 Å². The molecule has 0 N–H and O–H groups in total. The van der Waals surface area contributed by atoms with E-state index in [2.05, 4.69) is 12.0 Å². The quantitative estimate of drug-likeness (QED) is 0.581. The van der Waals surface area contributed by atoms with Gasteiger partial charge >= 0.3 is 0 Å². The first-order chi connectivity index (χ1) is 5.43. The zero-order valence-electron chi connectivity index (χ0n) is 6.50. The number of benzene rings is 1. The third-order valence-electron chi connectivity index (χ3n) is 1.26. The van der Waals surface area contributed by atoms with Crippen LogP contribution < -0.4 is 0 Å². The molecule has 1 nitrogen and oxygen atoms in total. The van der Waals surface area contributed by atoms with Crippen molar-refractivity contribution >= 4 is 0 Å². The summed E-state index contributed by atoms with van der Waals surface area (Å²) in [5.41, 5.74) is 1.15. The number of hydrogen-bond acceptors (Lipinski definition) is 1. The van der Waals surface area contributed by atoms with Crippen molar-refractivity contribution in [2.75, 3.05) is 0 Å². The summed E-state index contributed by atoms with van der Waals surface area (Å²) in [6, 6.07) is 9.97. The molecule has 0 saturated carbocycles. The molecular weight excluding hydrogens is 136 g/mol. The minimum atomic E-state index is 0.571. The maximum Gasteiger partial charge on any atom is 0.125 e. The summed E-state index contributed by atoms with van der Waals surface area (Å²) in [6.07, 6.45) is 2.55. The highest BCUT2D eigenvalue weighted by Crippen LogP contribution is 1.98. The summed E-state index contributed by atoms with van der Waals surface area (Å²) >= 11 is 0. The first kappa shape index (κ1) is 7.68. The van der Waals surface area contributed by atoms with Crippen LogP contribution in [0.5, 0.6) is 0 Å². The van der Waals surface area contributed by atoms with Crippen molar-refractivity contribution in [1.29, 1.82) is 0 Å². The molecule has 0 fully saturated rings. The summed E-state index contributed by atoms with van der Waals surface area (Å²) in [6.45, 7) is 2.33. The molecule has 0 aliphatic rings. The van der Waals surface area contributed by atoms with Gasteiger partial charge in [0, 0.05) is 6.92 Å². The van der Waals surface area contributed by atoms with Gasteiger partial charge in [-0.3, -0.25) is 0 Å². The number of ether oxygens (including phenoxy) is 1. The van der Waals surface area contributed by atoms with E-state index in [1.54, 1.807) is 6.92 Å². The van der Waals surface area contributed by atoms with E-state index in [0.717, 1.165) is 5.56 Å². The lowest BCUT2D eigenvalue weighted by Gasteiger charge is -1.96. The molecule has 1 rings (SSSR count). The van der Waals surface area contributed by atoms with Crippen molar-refractivity contribution < 1.29 is 4.74 Å². The Morgan fingerprint density at radius 1 is 1.27 bits per heavy atom. The Morgan fingerprint density at radius 2 is 2.00 bits per heavy atom. The third kappa shape index (κ3) is 2.77. The molecule has 0 aliphatic carbocycles. The second kappa shape index (κ2) is 4.40. The van der Waals surface area contributed by atoms with Crippen LogP contribution >= 0.6 is 0 Å². The topological polar surface area (TPSA) is 9.23 Å². The summed E-state index contributed by atoms with van der Waals surface area (Å²) < 4.78 is 5.01. The Balaban J connectivity index is 2.43. The Morgan fingerprint density at radius 3 is 2.64 bits per heavy atom. The van der Waals surface area contributed by atoms with Gasteiger partial charge in [0.05, 0.1) is 0 Å². The largest absolute Gasteiger partial charge is 0.442 e. The fraction of sp³-hybridized carbons (Fsp3) is 0.200. The van der Waals surface area contributed by atoms with Gasteiger partial charge in [0.2, 0.25) is 0 Å². The Labute approximate surface area is 67.0 Å². The van der Waals surface area contributed by atoms with Gasteiger partial charge in [-0.1, -0.05) is 36.3 Å². The highest BCUT2D eigenvalue weighted by Gasteiger charge is 1.86. The fourth-order valence-corrected chi connectivity index (χ4v) is 0.766. The third-order valence-corrected chi connectivity index (χ3v) is 1.26. The molecule has 0 radical (unpaired) electrons. The van der Waals surface area contributed by atoms with Crippen LogP contribution in [0.4, 0.5) is 0 Å². The summed E-state index contributed by atoms with van der Waals surface area (Å²) in [5.74, 6) is 2.67. The van der Waals surface area contributed by atoms with E-state index in [4.69, 9.17) is 4.74 Å². The predicted octanol–water partition coefficient (Wildman–Crippen LogP) is 2.18. The average Bonchev–Trinajstić information content (AvgIpc) is 2.07. The van der Waals surface area contributed by atoms with Gasteiger partial charge < -0.3 is 4.74 Å². The van der Waals surface area contributed by atoms with E-state index in [1.807, 2.05) is 30.3 Å². The summed E-state index contributed by atoms with van der Waals surface area (Å²) in [4.78, 5) is 0. The zero-order valence-corrected chi connectivity index (χ0v) is 6.50. The molecule has 0 atom stereocenters. The summed E-state index contributed by atoms with van der Waals surface area (Å²) in [5, 5.41) is 0. The Bertz CT molecular complexity index is 253. The van der Waals surface area contributed by atoms with Gasteiger partial charge in [0.15, 0.2) is 0 Å². The van der Waals surface area contributed by atoms with E-state index in [9.17, 15) is 0 Å². The first-order valence-corrected chi connectivity index (χ1v) is 3.51. The smallest absolute Gasteiger partial charge is 0.125 e. The molecule has 0 aromatic heterocycles. The molecule has 11 heavy (non-hydrogen) atoms. The number of rotatable bonds is 2. The van der Waals surface area contributed by atoms with Gasteiger partial charge in [0.1, 0.15) is 12.7 Å². The monoisotopic (exact) mass is 146 g/mol. The van der Waals surface area contributed by atoms with Gasteiger partial charge in [-0.2, -0.15) is 0 Å². The van der Waals surface area contributed by atoms with Crippen molar-refractivity contribution in [3.05, 3.63) is 35.9 Å². The Hall–Kier alpha value is -1.42. The van der Waals surface area contributed by atoms with Crippen molar-refractivity contribution in [1.82, 2.24) is 0 Å². The molecule has 0 bridgehead atoms. The second-order valence-electron chi connectivity index (χ2n) is 2.13. The van der Waals surface area contributed by atoms with Crippen molar-refractivity contribution in [2.24, 2.45) is 0 Å². The van der Waals surface area contributed by atoms with Crippen LogP contribution in [0.1, 0.15) is 12.5 Å². The van der Waals surface area contributed by atoms with Crippen molar-refractivity contribution in [3.8, 4) is 12.0 Å². The van der Waals surface area contributed by atoms with E-state index in [0.29, 0.717) is 6.61 Å². The van der Waals surface area contributed by atoms with E-state index in [1.165, 1.54) is 0 Å². The maximum atomic E-state index is 5.01. The van der Waals surface area contributed by atoms with Crippen LogP contribution in [0.25, 0.3) is 0 Å². The lowest BCUT2D eigenvalue weighted by atomic mass is 10.2. The van der Waals surface area contributed by atoms with Gasteiger partial charge in [-0.25, -0.2) is 0 Å². The molecular formula is C10H10O. The molecule has 56 valence electrons. The van der Waals surface area contributed by atoms with Gasteiger partial charge in [-0.15, -0.1) is 0 Å². The average molecular weight is 146 g/mol. The van der Waals surface area contributed by atoms with Crippen LogP contribution in [0, 0.1) is 12.0 Å². The molecule has 0 aliphatic heterocycles. The first-order valence-electron chi connectivity index (χ1n) is 3.51. The standard InChI is InChI=1S/C10H10O/c1-2-8-11-9-10-6-4-3-5-7-10/h3-7H,9H2,1H3. The SMILES string of the molecule is CC#COCc1ccccc1. The predicted molar refractivity (Wildman–Crippen MR) is 44.7 cm³/mol. The van der Waals surface area contributed by atoms with E-state index in [-0.39, 0.29) is 0 Å². The minimum absolute atomic E-state index is 0.571. The van der Waals surface area contributed by atoms with Crippen LogP contribution in [-0.2, 0) is 11.3 Å². The normalized spacial score (nSPS) is 8.09. The fourth-order valence-electron chi connectivity index (χ4n) is 0.766. The molecule has 0 saturated heterocycles. The lowest BCUT2D eigenvalue weighted by molar-refractivity contribution is 0.265. The highest BCUT2D eigenvalue weighted by molar-refractivity contribution is 5.13. The molecule has 0 heterocycles. The molecule has 0 spiro atoms. The molecule has 1 aromatic carbocycles. The lowest BCUT2D eigenvalue weighted by Crippen LogP contribution is -1.84. The van der Waals surface area contributed by atoms with Crippen molar-refractivity contribution in [3.63, 3.8) is 0 Å². The Kier molecular flexibility index (Phi) is 3.08. The minimum Gasteiger partial charge on any atom is -0.442 e. The highest BCUT2D eigenvalue weighted by atomic mass is 16.5. The second-order valence-corrected chi connectivity index (χ2v) is 2.13. The van der Waals surface area contributed by atoms with Crippen LogP contribution in [0.2, 0.25) is 0 Å². The zero-order chi connectivity index (χ0) is 7.94. The van der Waals surface area contributed by atoms with Crippen LogP contribution in [0.3, 0.4) is 0 Å². The van der Waals surface area contributed by atoms with Gasteiger partial charge in [0.25, 0.3) is 0 Å².